The van der Waals surface area contributed by atoms with Gasteiger partial charge in [0.2, 0.25) is 5.95 Å². The Kier molecular flexibility index (Phi) is 5.92. The lowest BCUT2D eigenvalue weighted by Gasteiger charge is -2.35. The Morgan fingerprint density at radius 2 is 1.77 bits per heavy atom. The van der Waals surface area contributed by atoms with E-state index in [9.17, 15) is 14.4 Å². The molecule has 2 aromatic heterocycles. The number of H-pyrrole nitrogens is 1. The normalized spacial score (nSPS) is 14.4. The molecule has 0 spiro atoms. The molecular weight excluding hydrogens is 396 g/mol. The van der Waals surface area contributed by atoms with Gasteiger partial charge in [0.15, 0.2) is 11.2 Å². The van der Waals surface area contributed by atoms with E-state index in [1.807, 2.05) is 39.8 Å². The van der Waals surface area contributed by atoms with Gasteiger partial charge in [0, 0.05) is 45.3 Å². The molecule has 1 fully saturated rings. The number of imidazole rings is 1. The van der Waals surface area contributed by atoms with Gasteiger partial charge in [-0.1, -0.05) is 38.0 Å². The average Bonchev–Trinajstić information content (AvgIpc) is 3.18. The third-order valence-electron chi connectivity index (χ3n) is 5.84. The van der Waals surface area contributed by atoms with Crippen molar-refractivity contribution in [2.75, 3.05) is 31.1 Å². The number of hydrogen-bond acceptors (Lipinski definition) is 5. The first-order chi connectivity index (χ1) is 15.0. The average molecular weight is 425 g/mol. The molecule has 1 N–H and O–H groups in total. The van der Waals surface area contributed by atoms with Crippen LogP contribution < -0.4 is 16.1 Å². The van der Waals surface area contributed by atoms with Gasteiger partial charge in [-0.05, 0) is 18.6 Å². The summed E-state index contributed by atoms with van der Waals surface area (Å²) >= 11 is 0. The van der Waals surface area contributed by atoms with Crippen molar-refractivity contribution < 1.29 is 4.79 Å². The number of carbonyl (C=O) groups excluding carboxylic acids is 1. The van der Waals surface area contributed by atoms with Gasteiger partial charge in [0.05, 0.1) is 0 Å². The Morgan fingerprint density at radius 1 is 1.06 bits per heavy atom. The van der Waals surface area contributed by atoms with E-state index < -0.39 is 11.2 Å². The predicted molar refractivity (Wildman–Crippen MR) is 120 cm³/mol. The summed E-state index contributed by atoms with van der Waals surface area (Å²) < 4.78 is 3.31. The SMILES string of the molecule is CCCCCn1c(N2CCN(C(=O)c3ccccc3)CC2)nc2c1c(=O)[nH]c(=O)n2C. The second-order valence-electron chi connectivity index (χ2n) is 7.91. The molecule has 164 valence electrons. The number of carbonyl (C=O) groups is 1. The lowest BCUT2D eigenvalue weighted by Crippen LogP contribution is -2.49. The Morgan fingerprint density at radius 3 is 2.45 bits per heavy atom. The highest BCUT2D eigenvalue weighted by Gasteiger charge is 2.27. The Labute approximate surface area is 179 Å². The van der Waals surface area contributed by atoms with Gasteiger partial charge in [0.1, 0.15) is 0 Å². The summed E-state index contributed by atoms with van der Waals surface area (Å²) in [5.41, 5.74) is 0.620. The number of fused-ring (bicyclic) bond motifs is 1. The Bertz CT molecular complexity index is 1190. The van der Waals surface area contributed by atoms with Crippen LogP contribution in [0.4, 0.5) is 5.95 Å². The molecule has 1 aromatic carbocycles. The van der Waals surface area contributed by atoms with Crippen molar-refractivity contribution >= 4 is 23.0 Å². The summed E-state index contributed by atoms with van der Waals surface area (Å²) in [5, 5.41) is 0. The van der Waals surface area contributed by atoms with Crippen LogP contribution in [-0.2, 0) is 13.6 Å². The van der Waals surface area contributed by atoms with Gasteiger partial charge < -0.3 is 14.4 Å². The van der Waals surface area contributed by atoms with Crippen molar-refractivity contribution in [1.29, 1.82) is 0 Å². The van der Waals surface area contributed by atoms with E-state index in [1.165, 1.54) is 4.57 Å². The molecule has 1 aliphatic heterocycles. The van der Waals surface area contributed by atoms with Crippen molar-refractivity contribution in [3.8, 4) is 0 Å². The fourth-order valence-electron chi connectivity index (χ4n) is 4.07. The predicted octanol–water partition coefficient (Wildman–Crippen LogP) is 1.58. The summed E-state index contributed by atoms with van der Waals surface area (Å²) in [6, 6.07) is 9.28. The molecule has 1 saturated heterocycles. The number of anilines is 1. The van der Waals surface area contributed by atoms with Crippen molar-refractivity contribution in [3.05, 3.63) is 56.7 Å². The van der Waals surface area contributed by atoms with Gasteiger partial charge in [0.25, 0.3) is 11.5 Å². The summed E-state index contributed by atoms with van der Waals surface area (Å²) in [6.07, 6.45) is 3.03. The fourth-order valence-corrected chi connectivity index (χ4v) is 4.07. The molecule has 1 amide bonds. The van der Waals surface area contributed by atoms with E-state index in [0.717, 1.165) is 19.3 Å². The Hall–Kier alpha value is -3.36. The third-order valence-corrected chi connectivity index (χ3v) is 5.84. The van der Waals surface area contributed by atoms with Crippen LogP contribution in [0.15, 0.2) is 39.9 Å². The van der Waals surface area contributed by atoms with E-state index in [0.29, 0.717) is 55.4 Å². The van der Waals surface area contributed by atoms with E-state index in [-0.39, 0.29) is 5.91 Å². The summed E-state index contributed by atoms with van der Waals surface area (Å²) in [5.74, 6) is 0.708. The van der Waals surface area contributed by atoms with Crippen LogP contribution in [0.5, 0.6) is 0 Å². The second-order valence-corrected chi connectivity index (χ2v) is 7.91. The number of aromatic amines is 1. The zero-order chi connectivity index (χ0) is 22.0. The van der Waals surface area contributed by atoms with Crippen molar-refractivity contribution in [2.45, 2.75) is 32.7 Å². The van der Waals surface area contributed by atoms with Crippen LogP contribution in [0.25, 0.3) is 11.2 Å². The molecule has 3 aromatic rings. The number of aryl methyl sites for hydroxylation is 2. The first-order valence-electron chi connectivity index (χ1n) is 10.8. The first-order valence-corrected chi connectivity index (χ1v) is 10.8. The molecule has 0 radical (unpaired) electrons. The van der Waals surface area contributed by atoms with Gasteiger partial charge in [-0.2, -0.15) is 4.98 Å². The van der Waals surface area contributed by atoms with Crippen LogP contribution >= 0.6 is 0 Å². The van der Waals surface area contributed by atoms with Crippen molar-refractivity contribution in [2.24, 2.45) is 7.05 Å². The minimum absolute atomic E-state index is 0.0236. The highest BCUT2D eigenvalue weighted by atomic mass is 16.2. The van der Waals surface area contributed by atoms with Crippen LogP contribution in [0, 0.1) is 0 Å². The van der Waals surface area contributed by atoms with Crippen molar-refractivity contribution in [3.63, 3.8) is 0 Å². The number of amides is 1. The second kappa shape index (κ2) is 8.79. The number of hydrogen-bond donors (Lipinski definition) is 1. The molecule has 0 aliphatic carbocycles. The van der Waals surface area contributed by atoms with E-state index >= 15 is 0 Å². The zero-order valence-corrected chi connectivity index (χ0v) is 18.0. The van der Waals surface area contributed by atoms with E-state index in [4.69, 9.17) is 4.98 Å². The van der Waals surface area contributed by atoms with Gasteiger partial charge in [-0.3, -0.25) is 19.1 Å². The van der Waals surface area contributed by atoms with E-state index in [1.54, 1.807) is 7.05 Å². The highest BCUT2D eigenvalue weighted by molar-refractivity contribution is 5.94. The summed E-state index contributed by atoms with van der Waals surface area (Å²) in [4.78, 5) is 48.4. The van der Waals surface area contributed by atoms with Gasteiger partial charge in [-0.25, -0.2) is 4.79 Å². The standard InChI is InChI=1S/C22H28N6O3/c1-3-4-8-11-28-17-18(25(2)22(31)24-19(17)29)23-21(28)27-14-12-26(13-15-27)20(30)16-9-6-5-7-10-16/h5-7,9-10H,3-4,8,11-15H2,1-2H3,(H,24,29,31). The molecule has 1 aliphatic rings. The number of unbranched alkanes of at least 4 members (excludes halogenated alkanes) is 2. The molecule has 0 atom stereocenters. The fraction of sp³-hybridized carbons (Fsp3) is 0.455. The number of nitrogens with zero attached hydrogens (tertiary/aromatic N) is 5. The maximum absolute atomic E-state index is 12.8. The number of rotatable bonds is 6. The first kappa shape index (κ1) is 20.9. The number of aromatic nitrogens is 4. The summed E-state index contributed by atoms with van der Waals surface area (Å²) in [7, 11) is 1.62. The van der Waals surface area contributed by atoms with Crippen LogP contribution in [-0.4, -0.2) is 56.1 Å². The molecule has 9 heteroatoms. The molecule has 0 bridgehead atoms. The highest BCUT2D eigenvalue weighted by Crippen LogP contribution is 2.22. The third kappa shape index (κ3) is 3.99. The molecular formula is C22H28N6O3. The zero-order valence-electron chi connectivity index (χ0n) is 18.0. The number of benzene rings is 1. The molecule has 9 nitrogen and oxygen atoms in total. The Balaban J connectivity index is 1.62. The monoisotopic (exact) mass is 424 g/mol. The lowest BCUT2D eigenvalue weighted by atomic mass is 10.2. The molecule has 0 unspecified atom stereocenters. The van der Waals surface area contributed by atoms with E-state index in [2.05, 4.69) is 16.8 Å². The van der Waals surface area contributed by atoms with Gasteiger partial charge >= 0.3 is 5.69 Å². The minimum Gasteiger partial charge on any atom is -0.339 e. The lowest BCUT2D eigenvalue weighted by molar-refractivity contribution is 0.0746. The molecule has 4 rings (SSSR count). The van der Waals surface area contributed by atoms with Crippen LogP contribution in [0.2, 0.25) is 0 Å². The number of nitrogens with one attached hydrogen (secondary N) is 1. The minimum atomic E-state index is -0.472. The van der Waals surface area contributed by atoms with Crippen LogP contribution in [0.1, 0.15) is 36.5 Å². The van der Waals surface area contributed by atoms with Crippen LogP contribution in [0.3, 0.4) is 0 Å². The maximum atomic E-state index is 12.8. The quantitative estimate of drug-likeness (QED) is 0.606. The molecule has 31 heavy (non-hydrogen) atoms. The van der Waals surface area contributed by atoms with Crippen molar-refractivity contribution in [1.82, 2.24) is 24.0 Å². The number of piperazine rings is 1. The molecule has 0 saturated carbocycles. The summed E-state index contributed by atoms with van der Waals surface area (Å²) in [6.45, 7) is 5.15. The smallest absolute Gasteiger partial charge is 0.329 e. The molecule has 3 heterocycles. The van der Waals surface area contributed by atoms with Gasteiger partial charge in [-0.15, -0.1) is 0 Å². The largest absolute Gasteiger partial charge is 0.339 e. The maximum Gasteiger partial charge on any atom is 0.329 e. The topological polar surface area (TPSA) is 96.2 Å².